The van der Waals surface area contributed by atoms with E-state index in [4.69, 9.17) is 5.73 Å². The molecule has 0 saturated heterocycles. The van der Waals surface area contributed by atoms with Crippen molar-refractivity contribution in [2.24, 2.45) is 11.1 Å². The lowest BCUT2D eigenvalue weighted by molar-refractivity contribution is -0.133. The maximum Gasteiger partial charge on any atom is 0.222 e. The van der Waals surface area contributed by atoms with E-state index in [1.54, 1.807) is 0 Å². The summed E-state index contributed by atoms with van der Waals surface area (Å²) in [6.07, 6.45) is 1.34. The Labute approximate surface area is 87.6 Å². The summed E-state index contributed by atoms with van der Waals surface area (Å²) in [6.45, 7) is 9.10. The largest absolute Gasteiger partial charge is 0.343 e. The van der Waals surface area contributed by atoms with Gasteiger partial charge in [-0.3, -0.25) is 4.79 Å². The molecule has 0 fully saturated rings. The van der Waals surface area contributed by atoms with Crippen LogP contribution in [0.15, 0.2) is 0 Å². The van der Waals surface area contributed by atoms with Crippen molar-refractivity contribution in [3.63, 3.8) is 0 Å². The summed E-state index contributed by atoms with van der Waals surface area (Å²) in [6, 6.07) is 0.257. The zero-order chi connectivity index (χ0) is 11.4. The van der Waals surface area contributed by atoms with E-state index < -0.39 is 0 Å². The maximum atomic E-state index is 11.7. The van der Waals surface area contributed by atoms with Crippen LogP contribution < -0.4 is 5.73 Å². The number of nitrogens with two attached hydrogens (primary N) is 1. The van der Waals surface area contributed by atoms with Crippen LogP contribution in [-0.4, -0.2) is 30.4 Å². The fraction of sp³-hybridized carbons (Fsp3) is 0.909. The molecule has 2 N–H and O–H groups in total. The first-order valence-corrected chi connectivity index (χ1v) is 5.26. The standard InChI is InChI=1S/C11H24N2O/c1-9(11(2,3)4)13(5)10(14)7-6-8-12/h9H,6-8,12H2,1-5H3. The molecule has 3 heteroatoms. The second kappa shape index (κ2) is 5.35. The molecule has 0 aliphatic heterocycles. The third-order valence-corrected chi connectivity index (χ3v) is 2.82. The molecule has 0 heterocycles. The molecule has 0 aliphatic rings. The van der Waals surface area contributed by atoms with Gasteiger partial charge in [0, 0.05) is 19.5 Å². The number of amides is 1. The summed E-state index contributed by atoms with van der Waals surface area (Å²) in [5.74, 6) is 0.192. The fourth-order valence-corrected chi connectivity index (χ4v) is 1.23. The highest BCUT2D eigenvalue weighted by atomic mass is 16.2. The monoisotopic (exact) mass is 200 g/mol. The van der Waals surface area contributed by atoms with Crippen LogP contribution in [0.25, 0.3) is 0 Å². The zero-order valence-electron chi connectivity index (χ0n) is 10.1. The van der Waals surface area contributed by atoms with Crippen molar-refractivity contribution in [1.29, 1.82) is 0 Å². The minimum atomic E-state index is 0.132. The molecule has 1 atom stereocenters. The van der Waals surface area contributed by atoms with E-state index >= 15 is 0 Å². The first-order chi connectivity index (χ1) is 6.30. The molecule has 0 saturated carbocycles. The van der Waals surface area contributed by atoms with Crippen molar-refractivity contribution in [2.45, 2.75) is 46.6 Å². The first kappa shape index (κ1) is 13.4. The molecule has 3 nitrogen and oxygen atoms in total. The lowest BCUT2D eigenvalue weighted by Crippen LogP contribution is -2.43. The quantitative estimate of drug-likeness (QED) is 0.749. The Bertz CT molecular complexity index is 184. The van der Waals surface area contributed by atoms with Crippen LogP contribution in [0.5, 0.6) is 0 Å². The Hall–Kier alpha value is -0.570. The van der Waals surface area contributed by atoms with Crippen molar-refractivity contribution < 1.29 is 4.79 Å². The van der Waals surface area contributed by atoms with Gasteiger partial charge >= 0.3 is 0 Å². The van der Waals surface area contributed by atoms with E-state index in [2.05, 4.69) is 27.7 Å². The Balaban J connectivity index is 4.18. The SMILES string of the molecule is CC(N(C)C(=O)CCCN)C(C)(C)C. The van der Waals surface area contributed by atoms with Gasteiger partial charge in [0.1, 0.15) is 0 Å². The molecule has 0 aromatic carbocycles. The van der Waals surface area contributed by atoms with Crippen LogP contribution in [-0.2, 0) is 4.79 Å². The number of hydrogen-bond donors (Lipinski definition) is 1. The Morgan fingerprint density at radius 1 is 1.43 bits per heavy atom. The minimum absolute atomic E-state index is 0.132. The van der Waals surface area contributed by atoms with Gasteiger partial charge in [-0.05, 0) is 25.3 Å². The zero-order valence-corrected chi connectivity index (χ0v) is 10.1. The number of nitrogens with zero attached hydrogens (tertiary/aromatic N) is 1. The van der Waals surface area contributed by atoms with Crippen LogP contribution >= 0.6 is 0 Å². The molecule has 0 spiro atoms. The Morgan fingerprint density at radius 3 is 2.29 bits per heavy atom. The molecule has 1 unspecified atom stereocenters. The summed E-state index contributed by atoms with van der Waals surface area (Å²) >= 11 is 0. The molecule has 0 radical (unpaired) electrons. The number of hydrogen-bond acceptors (Lipinski definition) is 2. The molecule has 0 rings (SSSR count). The normalized spacial score (nSPS) is 13.9. The third-order valence-electron chi connectivity index (χ3n) is 2.82. The summed E-state index contributed by atoms with van der Waals surface area (Å²) in [4.78, 5) is 13.5. The minimum Gasteiger partial charge on any atom is -0.343 e. The molecular weight excluding hydrogens is 176 g/mol. The topological polar surface area (TPSA) is 46.3 Å². The van der Waals surface area contributed by atoms with Gasteiger partial charge in [0.05, 0.1) is 0 Å². The van der Waals surface area contributed by atoms with Crippen LogP contribution in [0.2, 0.25) is 0 Å². The molecule has 0 aromatic heterocycles. The predicted octanol–water partition coefficient (Wildman–Crippen LogP) is 1.62. The summed E-state index contributed by atoms with van der Waals surface area (Å²) in [5, 5.41) is 0. The number of rotatable bonds is 4. The molecule has 1 amide bonds. The van der Waals surface area contributed by atoms with Crippen molar-refractivity contribution in [2.75, 3.05) is 13.6 Å². The highest BCUT2D eigenvalue weighted by molar-refractivity contribution is 5.76. The highest BCUT2D eigenvalue weighted by Gasteiger charge is 2.26. The van der Waals surface area contributed by atoms with E-state index in [-0.39, 0.29) is 17.4 Å². The lowest BCUT2D eigenvalue weighted by atomic mass is 9.87. The van der Waals surface area contributed by atoms with Crippen molar-refractivity contribution in [1.82, 2.24) is 4.90 Å². The van der Waals surface area contributed by atoms with Crippen LogP contribution in [0.4, 0.5) is 0 Å². The molecule has 0 aliphatic carbocycles. The van der Waals surface area contributed by atoms with E-state index in [0.29, 0.717) is 13.0 Å². The molecular formula is C11H24N2O. The van der Waals surface area contributed by atoms with E-state index in [1.807, 2.05) is 11.9 Å². The van der Waals surface area contributed by atoms with Gasteiger partial charge in [-0.2, -0.15) is 0 Å². The van der Waals surface area contributed by atoms with Gasteiger partial charge in [-0.15, -0.1) is 0 Å². The van der Waals surface area contributed by atoms with Gasteiger partial charge in [0.2, 0.25) is 5.91 Å². The van der Waals surface area contributed by atoms with Gasteiger partial charge in [-0.25, -0.2) is 0 Å². The highest BCUT2D eigenvalue weighted by Crippen LogP contribution is 2.23. The smallest absolute Gasteiger partial charge is 0.222 e. The molecule has 14 heavy (non-hydrogen) atoms. The van der Waals surface area contributed by atoms with Gasteiger partial charge < -0.3 is 10.6 Å². The van der Waals surface area contributed by atoms with Crippen molar-refractivity contribution >= 4 is 5.91 Å². The van der Waals surface area contributed by atoms with E-state index in [1.165, 1.54) is 0 Å². The number of carbonyl (C=O) groups excluding carboxylic acids is 1. The second-order valence-electron chi connectivity index (χ2n) is 4.94. The second-order valence-corrected chi connectivity index (χ2v) is 4.94. The summed E-state index contributed by atoms with van der Waals surface area (Å²) in [5.41, 5.74) is 5.50. The average molecular weight is 200 g/mol. The van der Waals surface area contributed by atoms with Crippen LogP contribution in [0.1, 0.15) is 40.5 Å². The van der Waals surface area contributed by atoms with E-state index in [9.17, 15) is 4.79 Å². The molecule has 0 bridgehead atoms. The molecule has 84 valence electrons. The van der Waals surface area contributed by atoms with Crippen LogP contribution in [0.3, 0.4) is 0 Å². The van der Waals surface area contributed by atoms with Gasteiger partial charge in [0.25, 0.3) is 0 Å². The first-order valence-electron chi connectivity index (χ1n) is 5.26. The maximum absolute atomic E-state index is 11.7. The lowest BCUT2D eigenvalue weighted by Gasteiger charge is -2.35. The van der Waals surface area contributed by atoms with Crippen molar-refractivity contribution in [3.8, 4) is 0 Å². The fourth-order valence-electron chi connectivity index (χ4n) is 1.23. The number of carbonyl (C=O) groups is 1. The Morgan fingerprint density at radius 2 is 1.93 bits per heavy atom. The average Bonchev–Trinajstić information content (AvgIpc) is 2.10. The summed E-state index contributed by atoms with van der Waals surface area (Å²) in [7, 11) is 1.87. The predicted molar refractivity (Wildman–Crippen MR) is 60.0 cm³/mol. The Kier molecular flexibility index (Phi) is 5.13. The van der Waals surface area contributed by atoms with Gasteiger partial charge in [0.15, 0.2) is 0 Å². The van der Waals surface area contributed by atoms with Crippen molar-refractivity contribution in [3.05, 3.63) is 0 Å². The van der Waals surface area contributed by atoms with Gasteiger partial charge in [-0.1, -0.05) is 20.8 Å². The van der Waals surface area contributed by atoms with Crippen LogP contribution in [0, 0.1) is 5.41 Å². The third kappa shape index (κ3) is 4.09. The summed E-state index contributed by atoms with van der Waals surface area (Å²) < 4.78 is 0. The molecule has 0 aromatic rings. The van der Waals surface area contributed by atoms with E-state index in [0.717, 1.165) is 6.42 Å².